The zero-order valence-corrected chi connectivity index (χ0v) is 7.78. The zero-order valence-electron chi connectivity index (χ0n) is 7.78. The van der Waals surface area contributed by atoms with Crippen LogP contribution in [0.4, 0.5) is 0 Å². The normalized spacial score (nSPS) is 10.4. The van der Waals surface area contributed by atoms with Gasteiger partial charge in [-0.25, -0.2) is 4.79 Å². The molecule has 1 N–H and O–H groups in total. The maximum Gasteiger partial charge on any atom is 0.417 e. The zero-order chi connectivity index (χ0) is 9.97. The van der Waals surface area contributed by atoms with E-state index in [0.717, 1.165) is 5.69 Å². The molecule has 0 aliphatic heterocycles. The molecule has 2 aromatic heterocycles. The lowest BCUT2D eigenvalue weighted by Crippen LogP contribution is -1.95. The second-order valence-corrected chi connectivity index (χ2v) is 2.88. The molecular formula is C10H10N2O2. The SMILES string of the molecule is CCc1oc(=O)[nH]c1-c1ccccn1. The van der Waals surface area contributed by atoms with E-state index in [1.54, 1.807) is 6.20 Å². The van der Waals surface area contributed by atoms with E-state index < -0.39 is 5.76 Å². The van der Waals surface area contributed by atoms with Crippen LogP contribution in [0.5, 0.6) is 0 Å². The number of nitrogens with zero attached hydrogens (tertiary/aromatic N) is 1. The fraction of sp³-hybridized carbons (Fsp3) is 0.200. The number of hydrogen-bond acceptors (Lipinski definition) is 3. The van der Waals surface area contributed by atoms with E-state index in [-0.39, 0.29) is 0 Å². The third-order valence-corrected chi connectivity index (χ3v) is 1.96. The Labute approximate surface area is 80.6 Å². The number of aromatic nitrogens is 2. The Hall–Kier alpha value is -1.84. The Morgan fingerprint density at radius 2 is 2.36 bits per heavy atom. The molecule has 2 aromatic rings. The van der Waals surface area contributed by atoms with Crippen LogP contribution in [-0.2, 0) is 6.42 Å². The van der Waals surface area contributed by atoms with Crippen molar-refractivity contribution in [2.45, 2.75) is 13.3 Å². The Morgan fingerprint density at radius 1 is 1.50 bits per heavy atom. The molecule has 0 amide bonds. The van der Waals surface area contributed by atoms with Crippen molar-refractivity contribution < 1.29 is 4.42 Å². The van der Waals surface area contributed by atoms with Gasteiger partial charge in [-0.3, -0.25) is 9.97 Å². The molecule has 4 nitrogen and oxygen atoms in total. The minimum Gasteiger partial charge on any atom is -0.412 e. The predicted molar refractivity (Wildman–Crippen MR) is 51.9 cm³/mol. The summed E-state index contributed by atoms with van der Waals surface area (Å²) in [4.78, 5) is 17.8. The Bertz CT molecular complexity index is 470. The van der Waals surface area contributed by atoms with Gasteiger partial charge in [0.05, 0.1) is 5.69 Å². The lowest BCUT2D eigenvalue weighted by Gasteiger charge is -1.96. The molecule has 4 heteroatoms. The highest BCUT2D eigenvalue weighted by Gasteiger charge is 2.10. The van der Waals surface area contributed by atoms with Gasteiger partial charge in [-0.2, -0.15) is 0 Å². The first kappa shape index (κ1) is 8.74. The van der Waals surface area contributed by atoms with E-state index in [0.29, 0.717) is 17.9 Å². The van der Waals surface area contributed by atoms with Crippen LogP contribution in [0.1, 0.15) is 12.7 Å². The van der Waals surface area contributed by atoms with Gasteiger partial charge >= 0.3 is 5.76 Å². The largest absolute Gasteiger partial charge is 0.417 e. The number of oxazole rings is 1. The smallest absolute Gasteiger partial charge is 0.412 e. The quantitative estimate of drug-likeness (QED) is 0.782. The molecule has 0 bridgehead atoms. The summed E-state index contributed by atoms with van der Waals surface area (Å²) in [6, 6.07) is 5.53. The first-order chi connectivity index (χ1) is 6.81. The predicted octanol–water partition coefficient (Wildman–Crippen LogP) is 1.59. The maximum absolute atomic E-state index is 11.0. The molecule has 0 saturated heterocycles. The Kier molecular flexibility index (Phi) is 2.18. The van der Waals surface area contributed by atoms with Gasteiger partial charge in [0.15, 0.2) is 0 Å². The summed E-state index contributed by atoms with van der Waals surface area (Å²) in [5, 5.41) is 0. The fourth-order valence-corrected chi connectivity index (χ4v) is 1.33. The van der Waals surface area contributed by atoms with Crippen molar-refractivity contribution in [2.75, 3.05) is 0 Å². The number of aryl methyl sites for hydroxylation is 1. The third-order valence-electron chi connectivity index (χ3n) is 1.96. The summed E-state index contributed by atoms with van der Waals surface area (Å²) in [5.41, 5.74) is 1.41. The van der Waals surface area contributed by atoms with E-state index in [1.807, 2.05) is 25.1 Å². The molecule has 0 aliphatic rings. The van der Waals surface area contributed by atoms with E-state index in [1.165, 1.54) is 0 Å². The molecule has 0 unspecified atom stereocenters. The molecule has 0 atom stereocenters. The van der Waals surface area contributed by atoms with Gasteiger partial charge in [-0.05, 0) is 12.1 Å². The van der Waals surface area contributed by atoms with Gasteiger partial charge < -0.3 is 4.42 Å². The third kappa shape index (κ3) is 1.46. The van der Waals surface area contributed by atoms with Crippen molar-refractivity contribution in [2.24, 2.45) is 0 Å². The van der Waals surface area contributed by atoms with Crippen LogP contribution < -0.4 is 5.76 Å². The van der Waals surface area contributed by atoms with Crippen LogP contribution in [0.3, 0.4) is 0 Å². The fourth-order valence-electron chi connectivity index (χ4n) is 1.33. The topological polar surface area (TPSA) is 58.9 Å². The number of H-pyrrole nitrogens is 1. The number of pyridine rings is 1. The maximum atomic E-state index is 11.0. The highest BCUT2D eigenvalue weighted by Crippen LogP contribution is 2.17. The number of hydrogen-bond donors (Lipinski definition) is 1. The second-order valence-electron chi connectivity index (χ2n) is 2.88. The van der Waals surface area contributed by atoms with Crippen LogP contribution in [0, 0.1) is 0 Å². The number of nitrogens with one attached hydrogen (secondary N) is 1. The van der Waals surface area contributed by atoms with Crippen molar-refractivity contribution in [3.05, 3.63) is 40.7 Å². The molecule has 0 aliphatic carbocycles. The average molecular weight is 190 g/mol. The molecule has 0 aromatic carbocycles. The van der Waals surface area contributed by atoms with Gasteiger partial charge in [0.25, 0.3) is 0 Å². The van der Waals surface area contributed by atoms with Gasteiger partial charge in [0, 0.05) is 12.6 Å². The van der Waals surface area contributed by atoms with Gasteiger partial charge in [-0.15, -0.1) is 0 Å². The number of aromatic amines is 1. The van der Waals surface area contributed by atoms with E-state index >= 15 is 0 Å². The van der Waals surface area contributed by atoms with Crippen molar-refractivity contribution in [1.82, 2.24) is 9.97 Å². The van der Waals surface area contributed by atoms with E-state index in [2.05, 4.69) is 9.97 Å². The van der Waals surface area contributed by atoms with Crippen LogP contribution in [0.15, 0.2) is 33.6 Å². The Morgan fingerprint density at radius 3 is 3.00 bits per heavy atom. The minimum atomic E-state index is -0.428. The molecule has 0 spiro atoms. The molecule has 2 rings (SSSR count). The molecule has 0 saturated carbocycles. The monoisotopic (exact) mass is 190 g/mol. The molecular weight excluding hydrogens is 180 g/mol. The highest BCUT2D eigenvalue weighted by molar-refractivity contribution is 5.55. The van der Waals surface area contributed by atoms with Crippen molar-refractivity contribution in [3.63, 3.8) is 0 Å². The summed E-state index contributed by atoms with van der Waals surface area (Å²) < 4.78 is 4.97. The van der Waals surface area contributed by atoms with Crippen LogP contribution >= 0.6 is 0 Å². The summed E-state index contributed by atoms with van der Waals surface area (Å²) in [6.45, 7) is 1.93. The van der Waals surface area contributed by atoms with Gasteiger partial charge in [-0.1, -0.05) is 13.0 Å². The minimum absolute atomic E-state index is 0.428. The van der Waals surface area contributed by atoms with Gasteiger partial charge in [0.1, 0.15) is 11.5 Å². The van der Waals surface area contributed by atoms with Crippen LogP contribution in [0.2, 0.25) is 0 Å². The van der Waals surface area contributed by atoms with E-state index in [4.69, 9.17) is 4.42 Å². The molecule has 72 valence electrons. The second kappa shape index (κ2) is 3.49. The van der Waals surface area contributed by atoms with Crippen LogP contribution in [-0.4, -0.2) is 9.97 Å². The Balaban J connectivity index is 2.56. The summed E-state index contributed by atoms with van der Waals surface area (Å²) >= 11 is 0. The summed E-state index contributed by atoms with van der Waals surface area (Å²) in [7, 11) is 0. The molecule has 0 radical (unpaired) electrons. The summed E-state index contributed by atoms with van der Waals surface area (Å²) in [6.07, 6.45) is 2.35. The summed E-state index contributed by atoms with van der Waals surface area (Å²) in [5.74, 6) is 0.219. The number of rotatable bonds is 2. The molecule has 2 heterocycles. The van der Waals surface area contributed by atoms with Crippen molar-refractivity contribution >= 4 is 0 Å². The highest BCUT2D eigenvalue weighted by atomic mass is 16.4. The lowest BCUT2D eigenvalue weighted by molar-refractivity contribution is 0.474. The first-order valence-corrected chi connectivity index (χ1v) is 4.44. The standard InChI is InChI=1S/C10H10N2O2/c1-2-8-9(12-10(13)14-8)7-5-3-4-6-11-7/h3-6H,2H2,1H3,(H,12,13). The van der Waals surface area contributed by atoms with Gasteiger partial charge in [0.2, 0.25) is 0 Å². The van der Waals surface area contributed by atoms with Crippen LogP contribution in [0.25, 0.3) is 11.4 Å². The average Bonchev–Trinajstić information content (AvgIpc) is 2.61. The van der Waals surface area contributed by atoms with Crippen molar-refractivity contribution in [1.29, 1.82) is 0 Å². The molecule has 14 heavy (non-hydrogen) atoms. The lowest BCUT2D eigenvalue weighted by atomic mass is 10.2. The molecule has 0 fully saturated rings. The van der Waals surface area contributed by atoms with Crippen molar-refractivity contribution in [3.8, 4) is 11.4 Å². The van der Waals surface area contributed by atoms with E-state index in [9.17, 15) is 4.79 Å². The first-order valence-electron chi connectivity index (χ1n) is 4.44.